The summed E-state index contributed by atoms with van der Waals surface area (Å²) in [6.07, 6.45) is 1.23. The fourth-order valence-corrected chi connectivity index (χ4v) is 1.90. The molecule has 0 spiro atoms. The van der Waals surface area contributed by atoms with Crippen LogP contribution in [0.2, 0.25) is 0 Å². The van der Waals surface area contributed by atoms with Crippen LogP contribution < -0.4 is 5.32 Å². The van der Waals surface area contributed by atoms with Gasteiger partial charge in [0, 0.05) is 12.1 Å². The molecular weight excluding hydrogens is 208 g/mol. The van der Waals surface area contributed by atoms with E-state index in [0.717, 1.165) is 19.0 Å². The van der Waals surface area contributed by atoms with Gasteiger partial charge in [-0.25, -0.2) is 0 Å². The maximum atomic E-state index is 3.52. The second-order valence-electron chi connectivity index (χ2n) is 6.94. The molecule has 0 rings (SSSR count). The molecule has 17 heavy (non-hydrogen) atoms. The Morgan fingerprint density at radius 1 is 1.06 bits per heavy atom. The Bertz CT molecular complexity index is 194. The van der Waals surface area contributed by atoms with Crippen LogP contribution in [0.25, 0.3) is 0 Å². The molecule has 1 N–H and O–H groups in total. The van der Waals surface area contributed by atoms with E-state index < -0.39 is 0 Å². The van der Waals surface area contributed by atoms with Crippen LogP contribution >= 0.6 is 0 Å². The van der Waals surface area contributed by atoms with E-state index in [1.807, 2.05) is 0 Å². The van der Waals surface area contributed by atoms with Gasteiger partial charge in [0.15, 0.2) is 0 Å². The highest BCUT2D eigenvalue weighted by Crippen LogP contribution is 2.24. The van der Waals surface area contributed by atoms with Crippen LogP contribution in [0, 0.1) is 11.3 Å². The second kappa shape index (κ2) is 7.38. The molecule has 0 fully saturated rings. The summed E-state index contributed by atoms with van der Waals surface area (Å²) in [5.41, 5.74) is 0.356. The zero-order valence-corrected chi connectivity index (χ0v) is 13.3. The fraction of sp³-hybridized carbons (Fsp3) is 1.00. The smallest absolute Gasteiger partial charge is 0.0115 e. The van der Waals surface area contributed by atoms with Gasteiger partial charge in [0.2, 0.25) is 0 Å². The molecule has 0 saturated heterocycles. The molecule has 0 aromatic rings. The third-order valence-electron chi connectivity index (χ3n) is 3.85. The predicted molar refractivity (Wildman–Crippen MR) is 78.5 cm³/mol. The van der Waals surface area contributed by atoms with Crippen molar-refractivity contribution in [2.24, 2.45) is 11.3 Å². The first kappa shape index (κ1) is 16.9. The lowest BCUT2D eigenvalue weighted by Gasteiger charge is -2.39. The minimum Gasteiger partial charge on any atom is -0.316 e. The van der Waals surface area contributed by atoms with Gasteiger partial charge in [0.05, 0.1) is 0 Å². The van der Waals surface area contributed by atoms with Crippen molar-refractivity contribution in [3.05, 3.63) is 0 Å². The SMILES string of the molecule is CC(C)CNCCC(C)N(C)C(C)C(C)(C)C. The summed E-state index contributed by atoms with van der Waals surface area (Å²) in [6, 6.07) is 1.26. The molecule has 0 heterocycles. The van der Waals surface area contributed by atoms with Crippen molar-refractivity contribution in [2.75, 3.05) is 20.1 Å². The average Bonchev–Trinajstić information content (AvgIpc) is 2.20. The van der Waals surface area contributed by atoms with Gasteiger partial charge >= 0.3 is 0 Å². The third kappa shape index (κ3) is 7.05. The molecule has 0 saturated carbocycles. The van der Waals surface area contributed by atoms with Gasteiger partial charge in [0.1, 0.15) is 0 Å². The highest BCUT2D eigenvalue weighted by Gasteiger charge is 2.26. The zero-order valence-electron chi connectivity index (χ0n) is 13.3. The molecule has 0 amide bonds. The van der Waals surface area contributed by atoms with Crippen molar-refractivity contribution in [3.8, 4) is 0 Å². The van der Waals surface area contributed by atoms with Crippen LogP contribution in [-0.4, -0.2) is 37.1 Å². The van der Waals surface area contributed by atoms with E-state index in [1.54, 1.807) is 0 Å². The standard InChI is InChI=1S/C15H34N2/c1-12(2)11-16-10-9-13(3)17(8)14(4)15(5,6)7/h12-14,16H,9-11H2,1-8H3. The van der Waals surface area contributed by atoms with Gasteiger partial charge in [-0.05, 0) is 51.7 Å². The summed E-state index contributed by atoms with van der Waals surface area (Å²) in [5.74, 6) is 0.747. The van der Waals surface area contributed by atoms with Crippen molar-refractivity contribution in [2.45, 2.75) is 67.0 Å². The number of rotatable bonds is 7. The molecule has 0 bridgehead atoms. The van der Waals surface area contributed by atoms with Gasteiger partial charge in [-0.1, -0.05) is 34.6 Å². The van der Waals surface area contributed by atoms with Crippen molar-refractivity contribution in [1.29, 1.82) is 0 Å². The molecule has 0 aromatic carbocycles. The fourth-order valence-electron chi connectivity index (χ4n) is 1.90. The number of nitrogens with zero attached hydrogens (tertiary/aromatic N) is 1. The maximum Gasteiger partial charge on any atom is 0.0115 e. The summed E-state index contributed by atoms with van der Waals surface area (Å²) in [4.78, 5) is 2.51. The van der Waals surface area contributed by atoms with Crippen molar-refractivity contribution >= 4 is 0 Å². The third-order valence-corrected chi connectivity index (χ3v) is 3.85. The lowest BCUT2D eigenvalue weighted by Crippen LogP contribution is -2.45. The first-order chi connectivity index (χ1) is 7.66. The van der Waals surface area contributed by atoms with Gasteiger partial charge < -0.3 is 10.2 Å². The van der Waals surface area contributed by atoms with Gasteiger partial charge in [0.25, 0.3) is 0 Å². The number of hydrogen-bond donors (Lipinski definition) is 1. The van der Waals surface area contributed by atoms with Gasteiger partial charge in [-0.15, -0.1) is 0 Å². The Hall–Kier alpha value is -0.0800. The minimum absolute atomic E-state index is 0.356. The monoisotopic (exact) mass is 242 g/mol. The summed E-state index contributed by atoms with van der Waals surface area (Å²) in [7, 11) is 2.25. The Morgan fingerprint density at radius 2 is 1.59 bits per heavy atom. The van der Waals surface area contributed by atoms with E-state index in [0.29, 0.717) is 17.5 Å². The van der Waals surface area contributed by atoms with Crippen LogP contribution in [0.3, 0.4) is 0 Å². The van der Waals surface area contributed by atoms with Crippen molar-refractivity contribution in [1.82, 2.24) is 10.2 Å². The molecule has 2 heteroatoms. The Balaban J connectivity index is 3.93. The van der Waals surface area contributed by atoms with Crippen LogP contribution in [-0.2, 0) is 0 Å². The van der Waals surface area contributed by atoms with Gasteiger partial charge in [-0.2, -0.15) is 0 Å². The lowest BCUT2D eigenvalue weighted by atomic mass is 9.86. The molecule has 2 nitrogen and oxygen atoms in total. The highest BCUT2D eigenvalue weighted by atomic mass is 15.2. The van der Waals surface area contributed by atoms with E-state index >= 15 is 0 Å². The molecular formula is C15H34N2. The van der Waals surface area contributed by atoms with E-state index in [2.05, 4.69) is 65.7 Å². The van der Waals surface area contributed by atoms with Crippen LogP contribution in [0.4, 0.5) is 0 Å². The summed E-state index contributed by atoms with van der Waals surface area (Å²) in [6.45, 7) is 18.4. The Morgan fingerprint density at radius 3 is 2.00 bits per heavy atom. The Labute approximate surface area is 109 Å². The normalized spacial score (nSPS) is 16.6. The van der Waals surface area contributed by atoms with E-state index in [4.69, 9.17) is 0 Å². The van der Waals surface area contributed by atoms with Crippen molar-refractivity contribution < 1.29 is 0 Å². The Kier molecular flexibility index (Phi) is 7.34. The molecule has 0 aliphatic heterocycles. The van der Waals surface area contributed by atoms with E-state index in [-0.39, 0.29) is 0 Å². The molecule has 2 unspecified atom stereocenters. The largest absolute Gasteiger partial charge is 0.316 e. The van der Waals surface area contributed by atoms with Crippen molar-refractivity contribution in [3.63, 3.8) is 0 Å². The summed E-state index contributed by atoms with van der Waals surface area (Å²) < 4.78 is 0. The maximum absolute atomic E-state index is 3.52. The van der Waals surface area contributed by atoms with Crippen LogP contribution in [0.5, 0.6) is 0 Å². The van der Waals surface area contributed by atoms with Gasteiger partial charge in [-0.3, -0.25) is 0 Å². The first-order valence-electron chi connectivity index (χ1n) is 7.09. The molecule has 2 atom stereocenters. The number of nitrogens with one attached hydrogen (secondary N) is 1. The predicted octanol–water partition coefficient (Wildman–Crippen LogP) is 3.38. The molecule has 0 aliphatic carbocycles. The average molecular weight is 242 g/mol. The topological polar surface area (TPSA) is 15.3 Å². The lowest BCUT2D eigenvalue weighted by molar-refractivity contribution is 0.100. The van der Waals surface area contributed by atoms with E-state index in [1.165, 1.54) is 6.42 Å². The summed E-state index contributed by atoms with van der Waals surface area (Å²) in [5, 5.41) is 3.52. The molecule has 104 valence electrons. The van der Waals surface area contributed by atoms with Crippen LogP contribution in [0.1, 0.15) is 54.9 Å². The molecule has 0 aliphatic rings. The molecule has 0 radical (unpaired) electrons. The number of hydrogen-bond acceptors (Lipinski definition) is 2. The minimum atomic E-state index is 0.356. The zero-order chi connectivity index (χ0) is 13.6. The highest BCUT2D eigenvalue weighted by molar-refractivity contribution is 4.80. The van der Waals surface area contributed by atoms with Crippen LogP contribution in [0.15, 0.2) is 0 Å². The summed E-state index contributed by atoms with van der Waals surface area (Å²) >= 11 is 0. The second-order valence-corrected chi connectivity index (χ2v) is 6.94. The van der Waals surface area contributed by atoms with E-state index in [9.17, 15) is 0 Å². The molecule has 0 aromatic heterocycles. The first-order valence-corrected chi connectivity index (χ1v) is 7.09. The quantitative estimate of drug-likeness (QED) is 0.689.